The first-order valence-corrected chi connectivity index (χ1v) is 9.65. The number of rotatable bonds is 4. The van der Waals surface area contributed by atoms with Gasteiger partial charge in [0.2, 0.25) is 0 Å². The van der Waals surface area contributed by atoms with Crippen LogP contribution in [0.4, 0.5) is 5.69 Å². The zero-order valence-corrected chi connectivity index (χ0v) is 16.4. The summed E-state index contributed by atoms with van der Waals surface area (Å²) >= 11 is 0. The fraction of sp³-hybridized carbons (Fsp3) is 0.650. The summed E-state index contributed by atoms with van der Waals surface area (Å²) < 4.78 is 5.58. The number of benzene rings is 1. The predicted molar refractivity (Wildman–Crippen MR) is 108 cm³/mol. The molecule has 3 rings (SSSR count). The van der Waals surface area contributed by atoms with Crippen LogP contribution in [0.1, 0.15) is 12.8 Å². The SMILES string of the molecule is CN=C(NCC1(N(C)C)CCOCC1)N1CCN(c2ccccc2)CC1. The van der Waals surface area contributed by atoms with Crippen LogP contribution in [0.25, 0.3) is 0 Å². The summed E-state index contributed by atoms with van der Waals surface area (Å²) in [6.45, 7) is 6.63. The Morgan fingerprint density at radius 3 is 2.35 bits per heavy atom. The second-order valence-corrected chi connectivity index (χ2v) is 7.44. The van der Waals surface area contributed by atoms with Crippen LogP contribution in [0, 0.1) is 0 Å². The van der Waals surface area contributed by atoms with Gasteiger partial charge in [0.1, 0.15) is 0 Å². The minimum Gasteiger partial charge on any atom is -0.381 e. The third-order valence-corrected chi connectivity index (χ3v) is 5.86. The molecule has 0 bridgehead atoms. The average molecular weight is 360 g/mol. The topological polar surface area (TPSA) is 43.3 Å². The minimum atomic E-state index is 0.153. The Balaban J connectivity index is 1.55. The van der Waals surface area contributed by atoms with Crippen LogP contribution in [-0.2, 0) is 4.74 Å². The molecule has 1 aromatic carbocycles. The zero-order valence-electron chi connectivity index (χ0n) is 16.4. The summed E-state index contributed by atoms with van der Waals surface area (Å²) in [5, 5.41) is 3.65. The summed E-state index contributed by atoms with van der Waals surface area (Å²) in [5.74, 6) is 1.02. The van der Waals surface area contributed by atoms with Gasteiger partial charge in [-0.15, -0.1) is 0 Å². The Labute approximate surface area is 157 Å². The van der Waals surface area contributed by atoms with E-state index >= 15 is 0 Å². The van der Waals surface area contributed by atoms with Crippen LogP contribution >= 0.6 is 0 Å². The van der Waals surface area contributed by atoms with E-state index in [-0.39, 0.29) is 5.54 Å². The molecular formula is C20H33N5O. The number of para-hydroxylation sites is 1. The Bertz CT molecular complexity index is 575. The molecule has 2 heterocycles. The summed E-state index contributed by atoms with van der Waals surface area (Å²) in [4.78, 5) is 11.7. The van der Waals surface area contributed by atoms with Crippen molar-refractivity contribution in [2.75, 3.05) is 72.0 Å². The lowest BCUT2D eigenvalue weighted by atomic mass is 9.88. The van der Waals surface area contributed by atoms with Gasteiger partial charge in [-0.2, -0.15) is 0 Å². The number of ether oxygens (including phenoxy) is 1. The van der Waals surface area contributed by atoms with Crippen molar-refractivity contribution in [2.45, 2.75) is 18.4 Å². The molecule has 0 atom stereocenters. The molecule has 0 unspecified atom stereocenters. The fourth-order valence-corrected chi connectivity index (χ4v) is 3.92. The Morgan fingerprint density at radius 2 is 1.77 bits per heavy atom. The summed E-state index contributed by atoms with van der Waals surface area (Å²) in [7, 11) is 6.24. The monoisotopic (exact) mass is 359 g/mol. The maximum Gasteiger partial charge on any atom is 0.193 e. The van der Waals surface area contributed by atoms with E-state index in [1.165, 1.54) is 5.69 Å². The van der Waals surface area contributed by atoms with Crippen molar-refractivity contribution in [2.24, 2.45) is 4.99 Å². The molecule has 144 valence electrons. The predicted octanol–water partition coefficient (Wildman–Crippen LogP) is 1.49. The highest BCUT2D eigenvalue weighted by atomic mass is 16.5. The number of guanidine groups is 1. The van der Waals surface area contributed by atoms with E-state index in [4.69, 9.17) is 4.74 Å². The second-order valence-electron chi connectivity index (χ2n) is 7.44. The van der Waals surface area contributed by atoms with Gasteiger partial charge in [0.05, 0.1) is 0 Å². The van der Waals surface area contributed by atoms with Gasteiger partial charge in [-0.05, 0) is 39.1 Å². The highest BCUT2D eigenvalue weighted by Crippen LogP contribution is 2.25. The van der Waals surface area contributed by atoms with Crippen molar-refractivity contribution in [1.82, 2.24) is 15.1 Å². The van der Waals surface area contributed by atoms with Crippen LogP contribution in [0.15, 0.2) is 35.3 Å². The van der Waals surface area contributed by atoms with Crippen molar-refractivity contribution < 1.29 is 4.74 Å². The number of nitrogens with zero attached hydrogens (tertiary/aromatic N) is 4. The molecule has 1 N–H and O–H groups in total. The largest absolute Gasteiger partial charge is 0.381 e. The minimum absolute atomic E-state index is 0.153. The van der Waals surface area contributed by atoms with Gasteiger partial charge in [0.15, 0.2) is 5.96 Å². The van der Waals surface area contributed by atoms with Gasteiger partial charge in [-0.3, -0.25) is 4.99 Å². The molecule has 2 saturated heterocycles. The van der Waals surface area contributed by atoms with Gasteiger partial charge >= 0.3 is 0 Å². The smallest absolute Gasteiger partial charge is 0.193 e. The average Bonchev–Trinajstić information content (AvgIpc) is 2.70. The number of anilines is 1. The first-order valence-electron chi connectivity index (χ1n) is 9.65. The van der Waals surface area contributed by atoms with E-state index < -0.39 is 0 Å². The number of aliphatic imine (C=N–C) groups is 1. The van der Waals surface area contributed by atoms with Crippen LogP contribution in [0.2, 0.25) is 0 Å². The molecule has 0 aliphatic carbocycles. The van der Waals surface area contributed by atoms with Gasteiger partial charge in [0, 0.05) is 64.2 Å². The van der Waals surface area contributed by atoms with Crippen LogP contribution in [-0.4, -0.2) is 88.4 Å². The number of likely N-dealkylation sites (N-methyl/N-ethyl adjacent to an activating group) is 1. The maximum atomic E-state index is 5.58. The Morgan fingerprint density at radius 1 is 1.12 bits per heavy atom. The van der Waals surface area contributed by atoms with Crippen molar-refractivity contribution in [1.29, 1.82) is 0 Å². The molecule has 26 heavy (non-hydrogen) atoms. The standard InChI is InChI=1S/C20H33N5O/c1-21-19(22-17-20(23(2)3)9-15-26-16-10-20)25-13-11-24(12-14-25)18-7-5-4-6-8-18/h4-8H,9-17H2,1-3H3,(H,21,22). The van der Waals surface area contributed by atoms with E-state index in [0.29, 0.717) is 0 Å². The second kappa shape index (κ2) is 8.73. The molecule has 6 heteroatoms. The van der Waals surface area contributed by atoms with Crippen molar-refractivity contribution >= 4 is 11.6 Å². The lowest BCUT2D eigenvalue weighted by Crippen LogP contribution is -2.59. The van der Waals surface area contributed by atoms with E-state index in [2.05, 4.69) is 69.4 Å². The molecular weight excluding hydrogens is 326 g/mol. The van der Waals surface area contributed by atoms with E-state index in [1.54, 1.807) is 0 Å². The van der Waals surface area contributed by atoms with E-state index in [1.807, 2.05) is 7.05 Å². The van der Waals surface area contributed by atoms with Gasteiger partial charge in [0.25, 0.3) is 0 Å². The maximum absolute atomic E-state index is 5.58. The van der Waals surface area contributed by atoms with Gasteiger partial charge in [-0.1, -0.05) is 18.2 Å². The van der Waals surface area contributed by atoms with Crippen molar-refractivity contribution in [3.8, 4) is 0 Å². The third-order valence-electron chi connectivity index (χ3n) is 5.86. The van der Waals surface area contributed by atoms with Crippen LogP contribution < -0.4 is 10.2 Å². The van der Waals surface area contributed by atoms with Crippen LogP contribution in [0.3, 0.4) is 0 Å². The van der Waals surface area contributed by atoms with E-state index in [0.717, 1.165) is 64.7 Å². The van der Waals surface area contributed by atoms with Gasteiger partial charge < -0.3 is 24.8 Å². The molecule has 2 fully saturated rings. The van der Waals surface area contributed by atoms with Crippen LogP contribution in [0.5, 0.6) is 0 Å². The molecule has 2 aliphatic heterocycles. The Kier molecular flexibility index (Phi) is 6.38. The van der Waals surface area contributed by atoms with Crippen molar-refractivity contribution in [3.63, 3.8) is 0 Å². The normalized spacial score (nSPS) is 21.2. The lowest BCUT2D eigenvalue weighted by Gasteiger charge is -2.44. The summed E-state index contributed by atoms with van der Waals surface area (Å²) in [5.41, 5.74) is 1.46. The summed E-state index contributed by atoms with van der Waals surface area (Å²) in [6, 6.07) is 10.7. The molecule has 6 nitrogen and oxygen atoms in total. The fourth-order valence-electron chi connectivity index (χ4n) is 3.92. The number of hydrogen-bond donors (Lipinski definition) is 1. The molecule has 2 aliphatic rings. The highest BCUT2D eigenvalue weighted by Gasteiger charge is 2.35. The first-order chi connectivity index (χ1) is 12.6. The molecule has 0 spiro atoms. The summed E-state index contributed by atoms with van der Waals surface area (Å²) in [6.07, 6.45) is 2.12. The highest BCUT2D eigenvalue weighted by molar-refractivity contribution is 5.80. The number of nitrogens with one attached hydrogen (secondary N) is 1. The lowest BCUT2D eigenvalue weighted by molar-refractivity contribution is -0.00526. The third kappa shape index (κ3) is 4.30. The molecule has 0 saturated carbocycles. The van der Waals surface area contributed by atoms with E-state index in [9.17, 15) is 0 Å². The molecule has 1 aromatic rings. The van der Waals surface area contributed by atoms with Gasteiger partial charge in [-0.25, -0.2) is 0 Å². The molecule has 0 radical (unpaired) electrons. The quantitative estimate of drug-likeness (QED) is 0.652. The molecule has 0 amide bonds. The van der Waals surface area contributed by atoms with Crippen molar-refractivity contribution in [3.05, 3.63) is 30.3 Å². The first kappa shape index (κ1) is 19.0. The Hall–Kier alpha value is -1.79. The number of hydrogen-bond acceptors (Lipinski definition) is 4. The molecule has 0 aromatic heterocycles. The number of piperazine rings is 1. The zero-order chi connectivity index (χ0) is 18.4.